The zero-order valence-electron chi connectivity index (χ0n) is 16.5. The minimum absolute atomic E-state index is 0.00360. The smallest absolute Gasteiger partial charge is 0.230 e. The van der Waals surface area contributed by atoms with Crippen LogP contribution < -0.4 is 5.32 Å². The van der Waals surface area contributed by atoms with Crippen LogP contribution in [-0.2, 0) is 14.6 Å². The maximum Gasteiger partial charge on any atom is 0.230 e. The van der Waals surface area contributed by atoms with Gasteiger partial charge in [-0.15, -0.1) is 0 Å². The first-order chi connectivity index (χ1) is 13.7. The van der Waals surface area contributed by atoms with Crippen LogP contribution >= 0.6 is 11.8 Å². The highest BCUT2D eigenvalue weighted by molar-refractivity contribution is 8.00. The van der Waals surface area contributed by atoms with Gasteiger partial charge in [-0.2, -0.15) is 0 Å². The molecule has 0 atom stereocenters. The molecule has 152 valence electrons. The van der Waals surface area contributed by atoms with Crippen molar-refractivity contribution in [1.29, 1.82) is 0 Å². The van der Waals surface area contributed by atoms with Gasteiger partial charge in [0.05, 0.1) is 10.6 Å². The molecule has 0 bridgehead atoms. The van der Waals surface area contributed by atoms with Crippen LogP contribution in [0.5, 0.6) is 0 Å². The molecule has 29 heavy (non-hydrogen) atoms. The number of sulfone groups is 1. The van der Waals surface area contributed by atoms with Crippen LogP contribution in [0, 0.1) is 0 Å². The van der Waals surface area contributed by atoms with Crippen molar-refractivity contribution in [2.45, 2.75) is 41.3 Å². The van der Waals surface area contributed by atoms with Gasteiger partial charge in [-0.05, 0) is 32.9 Å². The molecule has 2 aromatic carbocycles. The van der Waals surface area contributed by atoms with Gasteiger partial charge >= 0.3 is 0 Å². The number of carbonyl (C=O) groups excluding carboxylic acids is 1. The number of thioether (sulfide) groups is 1. The van der Waals surface area contributed by atoms with Crippen molar-refractivity contribution in [3.63, 3.8) is 0 Å². The Balaban J connectivity index is 1.98. The van der Waals surface area contributed by atoms with Crippen LogP contribution in [0.2, 0.25) is 0 Å². The number of H-pyrrole nitrogens is 1. The fraction of sp³-hybridized carbons (Fsp3) is 0.238. The molecule has 0 radical (unpaired) electrons. The number of amides is 1. The summed E-state index contributed by atoms with van der Waals surface area (Å²) in [6.45, 7) is 5.68. The molecular formula is C21H23N3O3S2. The SMILES string of the molecule is CC(C)(C)NC(=O)CSc1nc(-c2ccccc2)[nH]c1S(=O)(=O)c1ccccc1. The number of nitrogens with zero attached hydrogens (tertiary/aromatic N) is 1. The molecule has 2 N–H and O–H groups in total. The molecule has 1 aromatic heterocycles. The van der Waals surface area contributed by atoms with E-state index in [1.54, 1.807) is 30.3 Å². The summed E-state index contributed by atoms with van der Waals surface area (Å²) in [5.41, 5.74) is 0.403. The highest BCUT2D eigenvalue weighted by Gasteiger charge is 2.27. The summed E-state index contributed by atoms with van der Waals surface area (Å²) in [5, 5.41) is 3.14. The Bertz CT molecular complexity index is 1090. The number of hydrogen-bond acceptors (Lipinski definition) is 5. The van der Waals surface area contributed by atoms with Crippen molar-refractivity contribution in [2.24, 2.45) is 0 Å². The molecule has 0 saturated heterocycles. The first-order valence-corrected chi connectivity index (χ1v) is 11.5. The summed E-state index contributed by atoms with van der Waals surface area (Å²) < 4.78 is 26.4. The van der Waals surface area contributed by atoms with Gasteiger partial charge in [-0.25, -0.2) is 13.4 Å². The third-order valence-corrected chi connectivity index (χ3v) is 6.69. The zero-order valence-corrected chi connectivity index (χ0v) is 18.1. The molecule has 0 aliphatic heterocycles. The first-order valence-electron chi connectivity index (χ1n) is 9.06. The molecule has 1 amide bonds. The molecular weight excluding hydrogens is 406 g/mol. The number of rotatable bonds is 6. The zero-order chi connectivity index (χ0) is 21.1. The monoisotopic (exact) mass is 429 g/mol. The van der Waals surface area contributed by atoms with Crippen molar-refractivity contribution >= 4 is 27.5 Å². The van der Waals surface area contributed by atoms with E-state index in [2.05, 4.69) is 15.3 Å². The second-order valence-electron chi connectivity index (χ2n) is 7.49. The van der Waals surface area contributed by atoms with E-state index in [0.717, 1.165) is 17.3 Å². The van der Waals surface area contributed by atoms with Gasteiger partial charge in [-0.3, -0.25) is 4.79 Å². The average molecular weight is 430 g/mol. The molecule has 8 heteroatoms. The number of aromatic nitrogens is 2. The van der Waals surface area contributed by atoms with Crippen molar-refractivity contribution in [2.75, 3.05) is 5.75 Å². The largest absolute Gasteiger partial charge is 0.351 e. The number of benzene rings is 2. The first kappa shape index (κ1) is 21.1. The number of aromatic amines is 1. The maximum atomic E-state index is 13.2. The molecule has 1 heterocycles. The van der Waals surface area contributed by atoms with Gasteiger partial charge < -0.3 is 10.3 Å². The Morgan fingerprint density at radius 1 is 1.03 bits per heavy atom. The Labute approximate surface area is 175 Å². The van der Waals surface area contributed by atoms with E-state index >= 15 is 0 Å². The lowest BCUT2D eigenvalue weighted by Crippen LogP contribution is -2.41. The summed E-state index contributed by atoms with van der Waals surface area (Å²) in [6.07, 6.45) is 0. The van der Waals surface area contributed by atoms with Crippen molar-refractivity contribution in [1.82, 2.24) is 15.3 Å². The molecule has 0 aliphatic rings. The predicted molar refractivity (Wildman–Crippen MR) is 115 cm³/mol. The lowest BCUT2D eigenvalue weighted by molar-refractivity contribution is -0.119. The van der Waals surface area contributed by atoms with Crippen molar-refractivity contribution < 1.29 is 13.2 Å². The van der Waals surface area contributed by atoms with Crippen molar-refractivity contribution in [3.8, 4) is 11.4 Å². The Morgan fingerprint density at radius 3 is 2.21 bits per heavy atom. The molecule has 0 aliphatic carbocycles. The normalized spacial score (nSPS) is 12.0. The van der Waals surface area contributed by atoms with Crippen LogP contribution in [0.15, 0.2) is 75.6 Å². The fourth-order valence-corrected chi connectivity index (χ4v) is 5.10. The number of hydrogen-bond donors (Lipinski definition) is 2. The van der Waals surface area contributed by atoms with Crippen LogP contribution in [0.3, 0.4) is 0 Å². The fourth-order valence-electron chi connectivity index (χ4n) is 2.66. The summed E-state index contributed by atoms with van der Waals surface area (Å²) in [7, 11) is -3.81. The second-order valence-corrected chi connectivity index (χ2v) is 10.3. The van der Waals surface area contributed by atoms with E-state index in [-0.39, 0.29) is 32.1 Å². The predicted octanol–water partition coefficient (Wildman–Crippen LogP) is 3.92. The molecule has 3 rings (SSSR count). The minimum Gasteiger partial charge on any atom is -0.351 e. The highest BCUT2D eigenvalue weighted by Crippen LogP contribution is 2.32. The Morgan fingerprint density at radius 2 is 1.62 bits per heavy atom. The van der Waals surface area contributed by atoms with E-state index < -0.39 is 9.84 Å². The second kappa shape index (κ2) is 8.42. The van der Waals surface area contributed by atoms with Crippen molar-refractivity contribution in [3.05, 3.63) is 60.7 Å². The van der Waals surface area contributed by atoms with E-state index in [1.165, 1.54) is 0 Å². The molecule has 3 aromatic rings. The van der Waals surface area contributed by atoms with Gasteiger partial charge in [0.1, 0.15) is 10.9 Å². The maximum absolute atomic E-state index is 13.2. The van der Waals surface area contributed by atoms with Gasteiger partial charge in [-0.1, -0.05) is 60.3 Å². The topological polar surface area (TPSA) is 91.9 Å². The lowest BCUT2D eigenvalue weighted by atomic mass is 10.1. The van der Waals surface area contributed by atoms with Gasteiger partial charge in [0, 0.05) is 11.1 Å². The van der Waals surface area contributed by atoms with E-state index in [0.29, 0.717) is 5.82 Å². The van der Waals surface area contributed by atoms with E-state index in [1.807, 2.05) is 51.1 Å². The van der Waals surface area contributed by atoms with Gasteiger partial charge in [0.25, 0.3) is 0 Å². The lowest BCUT2D eigenvalue weighted by Gasteiger charge is -2.20. The van der Waals surface area contributed by atoms with Crippen LogP contribution in [0.1, 0.15) is 20.8 Å². The number of imidazole rings is 1. The molecule has 6 nitrogen and oxygen atoms in total. The minimum atomic E-state index is -3.81. The summed E-state index contributed by atoms with van der Waals surface area (Å²) in [5.74, 6) is 0.321. The summed E-state index contributed by atoms with van der Waals surface area (Å²) >= 11 is 1.10. The number of nitrogens with one attached hydrogen (secondary N) is 2. The summed E-state index contributed by atoms with van der Waals surface area (Å²) in [4.78, 5) is 19.8. The molecule has 0 fully saturated rings. The Hall–Kier alpha value is -2.58. The van der Waals surface area contributed by atoms with Crippen LogP contribution in [-0.4, -0.2) is 35.6 Å². The van der Waals surface area contributed by atoms with Gasteiger partial charge in [0.2, 0.25) is 15.7 Å². The van der Waals surface area contributed by atoms with Gasteiger partial charge in [0.15, 0.2) is 5.03 Å². The number of carbonyl (C=O) groups is 1. The molecule has 0 saturated carbocycles. The molecule has 0 spiro atoms. The van der Waals surface area contributed by atoms with E-state index in [4.69, 9.17) is 0 Å². The van der Waals surface area contributed by atoms with E-state index in [9.17, 15) is 13.2 Å². The standard InChI is InChI=1S/C21H23N3O3S2/c1-21(2,3)24-17(25)14-28-19-20(29(26,27)16-12-8-5-9-13-16)23-18(22-19)15-10-6-4-7-11-15/h4-13H,14H2,1-3H3,(H,22,23)(H,24,25). The van der Waals surface area contributed by atoms with Crippen LogP contribution in [0.25, 0.3) is 11.4 Å². The third kappa shape index (κ3) is 5.27. The third-order valence-electron chi connectivity index (χ3n) is 3.86. The Kier molecular flexibility index (Phi) is 6.14. The summed E-state index contributed by atoms with van der Waals surface area (Å²) in [6, 6.07) is 17.5. The molecule has 0 unspecified atom stereocenters. The quantitative estimate of drug-likeness (QED) is 0.580. The highest BCUT2D eigenvalue weighted by atomic mass is 32.2. The van der Waals surface area contributed by atoms with Crippen LogP contribution in [0.4, 0.5) is 0 Å². The average Bonchev–Trinajstić information content (AvgIpc) is 3.12.